The van der Waals surface area contributed by atoms with Crippen LogP contribution in [0.25, 0.3) is 32.9 Å². The molecule has 0 atom stereocenters. The molecule has 1 saturated heterocycles. The molecule has 2 aromatic carbocycles. The van der Waals surface area contributed by atoms with Gasteiger partial charge in [-0.3, -0.25) is 19.4 Å². The number of aromatic nitrogens is 2. The molecule has 0 aliphatic carbocycles. The van der Waals surface area contributed by atoms with Crippen molar-refractivity contribution >= 4 is 78.9 Å². The minimum Gasteiger partial charge on any atom is -0.480 e. The van der Waals surface area contributed by atoms with E-state index < -0.39 is 5.97 Å². The van der Waals surface area contributed by atoms with Crippen LogP contribution in [0.1, 0.15) is 18.5 Å². The first kappa shape index (κ1) is 25.1. The lowest BCUT2D eigenvalue weighted by Gasteiger charge is -2.10. The molecule has 180 valence electrons. The van der Waals surface area contributed by atoms with E-state index in [1.54, 1.807) is 41.1 Å². The monoisotopic (exact) mass is 577 g/mol. The minimum absolute atomic E-state index is 0.144. The SMILES string of the molecule is O=C(O)Cn1c(CO)c(-c2ccnc3cc(Cl)ccc23)c2cc(Cl)ccc21.O=C1CCC(=O)N1Br. The number of hydrogen-bond donors (Lipinski definition) is 2. The molecule has 2 aromatic heterocycles. The highest BCUT2D eigenvalue weighted by atomic mass is 79.9. The smallest absolute Gasteiger partial charge is 0.323 e. The number of carbonyl (C=O) groups excluding carboxylic acids is 2. The maximum Gasteiger partial charge on any atom is 0.323 e. The van der Waals surface area contributed by atoms with E-state index in [0.29, 0.717) is 39.6 Å². The van der Waals surface area contributed by atoms with E-state index >= 15 is 0 Å². The second-order valence-electron chi connectivity index (χ2n) is 7.71. The van der Waals surface area contributed by atoms with Gasteiger partial charge in [0.25, 0.3) is 0 Å². The Kier molecular flexibility index (Phi) is 7.42. The summed E-state index contributed by atoms with van der Waals surface area (Å²) in [7, 11) is 0. The molecule has 1 fully saturated rings. The van der Waals surface area contributed by atoms with E-state index in [-0.39, 0.29) is 25.0 Å². The molecule has 1 aliphatic heterocycles. The summed E-state index contributed by atoms with van der Waals surface area (Å²) in [5, 5.41) is 22.1. The van der Waals surface area contributed by atoms with Crippen molar-refractivity contribution in [3.8, 4) is 11.1 Å². The van der Waals surface area contributed by atoms with Crippen molar-refractivity contribution in [3.05, 3.63) is 64.4 Å². The lowest BCUT2D eigenvalue weighted by molar-refractivity contribution is -0.137. The van der Waals surface area contributed by atoms with Crippen LogP contribution in [0.5, 0.6) is 0 Å². The molecule has 5 rings (SSSR count). The predicted octanol–water partition coefficient (Wildman–Crippen LogP) is 5.19. The number of aliphatic hydroxyl groups is 1. The molecule has 2 amide bonds. The summed E-state index contributed by atoms with van der Waals surface area (Å²) in [6.07, 6.45) is 2.37. The number of amides is 2. The Hall–Kier alpha value is -2.98. The molecule has 0 spiro atoms. The number of fused-ring (bicyclic) bond motifs is 2. The third-order valence-corrected chi connectivity index (χ3v) is 6.80. The van der Waals surface area contributed by atoms with Crippen molar-refractivity contribution in [2.45, 2.75) is 26.0 Å². The fraction of sp³-hybridized carbons (Fsp3) is 0.167. The zero-order valence-electron chi connectivity index (χ0n) is 18.0. The highest BCUT2D eigenvalue weighted by molar-refractivity contribution is 9.08. The third-order valence-electron chi connectivity index (χ3n) is 5.54. The van der Waals surface area contributed by atoms with Crippen LogP contribution < -0.4 is 0 Å². The summed E-state index contributed by atoms with van der Waals surface area (Å²) in [5.41, 5.74) is 3.49. The van der Waals surface area contributed by atoms with Crippen molar-refractivity contribution in [2.24, 2.45) is 0 Å². The van der Waals surface area contributed by atoms with Crippen molar-refractivity contribution < 1.29 is 24.6 Å². The second kappa shape index (κ2) is 10.3. The van der Waals surface area contributed by atoms with Crippen LogP contribution in [0.2, 0.25) is 10.0 Å². The average Bonchev–Trinajstić information content (AvgIpc) is 3.28. The first-order valence-electron chi connectivity index (χ1n) is 10.4. The number of pyridine rings is 1. The van der Waals surface area contributed by atoms with Crippen LogP contribution in [0.4, 0.5) is 0 Å². The zero-order valence-corrected chi connectivity index (χ0v) is 21.1. The topological polar surface area (TPSA) is 113 Å². The summed E-state index contributed by atoms with van der Waals surface area (Å²) < 4.78 is 2.58. The molecular formula is C24H18BrCl2N3O5. The molecular weight excluding hydrogens is 561 g/mol. The molecule has 11 heteroatoms. The Morgan fingerprint density at radius 3 is 2.26 bits per heavy atom. The molecule has 8 nitrogen and oxygen atoms in total. The number of benzene rings is 2. The first-order valence-corrected chi connectivity index (χ1v) is 11.9. The minimum atomic E-state index is -0.991. The Morgan fingerprint density at radius 2 is 1.66 bits per heavy atom. The number of imide groups is 1. The van der Waals surface area contributed by atoms with Gasteiger partial charge in [0.1, 0.15) is 6.54 Å². The number of aliphatic carboxylic acids is 1. The molecule has 0 unspecified atom stereocenters. The Labute approximate surface area is 218 Å². The number of nitrogens with zero attached hydrogens (tertiary/aromatic N) is 3. The summed E-state index contributed by atoms with van der Waals surface area (Å²) in [5.74, 6) is -1.28. The van der Waals surface area contributed by atoms with Crippen LogP contribution in [-0.4, -0.2) is 41.5 Å². The van der Waals surface area contributed by atoms with Gasteiger partial charge in [0, 0.05) is 50.9 Å². The van der Waals surface area contributed by atoms with Crippen LogP contribution in [0.3, 0.4) is 0 Å². The van der Waals surface area contributed by atoms with E-state index in [1.807, 2.05) is 12.1 Å². The van der Waals surface area contributed by atoms with E-state index in [4.69, 9.17) is 23.2 Å². The van der Waals surface area contributed by atoms with E-state index in [9.17, 15) is 24.6 Å². The number of carboxylic acids is 1. The lowest BCUT2D eigenvalue weighted by atomic mass is 9.98. The fourth-order valence-electron chi connectivity index (χ4n) is 4.05. The van der Waals surface area contributed by atoms with Crippen molar-refractivity contribution in [1.82, 2.24) is 13.5 Å². The van der Waals surface area contributed by atoms with E-state index in [1.165, 1.54) is 0 Å². The van der Waals surface area contributed by atoms with Crippen molar-refractivity contribution in [1.29, 1.82) is 0 Å². The molecule has 35 heavy (non-hydrogen) atoms. The standard InChI is InChI=1S/C20H14Cl2N2O3.C4H4BrNO2/c21-11-2-4-17-15(7-11)20(18(10-25)24(17)9-19(26)27)14-5-6-23-16-8-12(22)1-3-13(14)16;5-6-3(7)1-2-4(6)8/h1-8,25H,9-10H2,(H,26,27);1-2H2. The van der Waals surface area contributed by atoms with Gasteiger partial charge in [-0.2, -0.15) is 0 Å². The number of rotatable bonds is 4. The first-order chi connectivity index (χ1) is 16.7. The van der Waals surface area contributed by atoms with Gasteiger partial charge in [-0.05, 0) is 42.0 Å². The zero-order chi connectivity index (χ0) is 25.3. The van der Waals surface area contributed by atoms with Crippen LogP contribution in [0.15, 0.2) is 48.7 Å². The second-order valence-corrected chi connectivity index (χ2v) is 9.29. The van der Waals surface area contributed by atoms with E-state index in [2.05, 4.69) is 21.1 Å². The predicted molar refractivity (Wildman–Crippen MR) is 136 cm³/mol. The largest absolute Gasteiger partial charge is 0.480 e. The van der Waals surface area contributed by atoms with Gasteiger partial charge in [0.15, 0.2) is 0 Å². The normalized spacial score (nSPS) is 13.4. The van der Waals surface area contributed by atoms with Gasteiger partial charge >= 0.3 is 5.97 Å². The van der Waals surface area contributed by atoms with E-state index in [0.717, 1.165) is 25.8 Å². The van der Waals surface area contributed by atoms with Crippen LogP contribution in [0, 0.1) is 0 Å². The van der Waals surface area contributed by atoms with Gasteiger partial charge in [0.05, 0.1) is 34.0 Å². The number of hydrogen-bond acceptors (Lipinski definition) is 5. The molecule has 0 bridgehead atoms. The number of aliphatic hydroxyl groups excluding tert-OH is 1. The maximum atomic E-state index is 11.4. The van der Waals surface area contributed by atoms with Gasteiger partial charge < -0.3 is 14.8 Å². The summed E-state index contributed by atoms with van der Waals surface area (Å²) in [4.78, 5) is 36.6. The fourth-order valence-corrected chi connectivity index (χ4v) is 4.74. The molecule has 3 heterocycles. The van der Waals surface area contributed by atoms with Gasteiger partial charge in [0.2, 0.25) is 11.8 Å². The molecule has 1 aliphatic rings. The summed E-state index contributed by atoms with van der Waals surface area (Å²) in [6.45, 7) is -0.574. The number of carboxylic acid groups (broad SMARTS) is 1. The third kappa shape index (κ3) is 5.04. The van der Waals surface area contributed by atoms with Gasteiger partial charge in [-0.1, -0.05) is 29.3 Å². The highest BCUT2D eigenvalue weighted by Gasteiger charge is 2.26. The highest BCUT2D eigenvalue weighted by Crippen LogP contribution is 2.39. The summed E-state index contributed by atoms with van der Waals surface area (Å²) in [6, 6.07) is 12.5. The lowest BCUT2D eigenvalue weighted by Crippen LogP contribution is -2.16. The van der Waals surface area contributed by atoms with Gasteiger partial charge in [-0.15, -0.1) is 0 Å². The summed E-state index contributed by atoms with van der Waals surface area (Å²) >= 11 is 15.1. The van der Waals surface area contributed by atoms with Crippen molar-refractivity contribution in [2.75, 3.05) is 0 Å². The molecule has 0 saturated carbocycles. The Balaban J connectivity index is 0.000000308. The Morgan fingerprint density at radius 1 is 1.00 bits per heavy atom. The maximum absolute atomic E-state index is 11.4. The average molecular weight is 579 g/mol. The quantitative estimate of drug-likeness (QED) is 0.255. The molecule has 0 radical (unpaired) electrons. The number of carbonyl (C=O) groups is 3. The molecule has 4 aromatic rings. The van der Waals surface area contributed by atoms with Crippen molar-refractivity contribution in [3.63, 3.8) is 0 Å². The molecule has 2 N–H and O–H groups in total. The van der Waals surface area contributed by atoms with Gasteiger partial charge in [-0.25, -0.2) is 3.93 Å². The van der Waals surface area contributed by atoms with Crippen LogP contribution in [-0.2, 0) is 27.5 Å². The number of halogens is 3. The van der Waals surface area contributed by atoms with Crippen LogP contribution >= 0.6 is 39.3 Å². The Bertz CT molecular complexity index is 1470.